The number of amides is 1. The van der Waals surface area contributed by atoms with Gasteiger partial charge in [-0.1, -0.05) is 30.3 Å². The van der Waals surface area contributed by atoms with Crippen molar-refractivity contribution in [2.45, 2.75) is 13.0 Å². The van der Waals surface area contributed by atoms with Gasteiger partial charge in [0.15, 0.2) is 23.8 Å². The molecule has 2 aromatic carbocycles. The van der Waals surface area contributed by atoms with Gasteiger partial charge in [-0.15, -0.1) is 0 Å². The van der Waals surface area contributed by atoms with E-state index >= 15 is 0 Å². The van der Waals surface area contributed by atoms with Crippen LogP contribution in [0.15, 0.2) is 59.0 Å². The number of hydrogen-bond donors (Lipinski definition) is 1. The van der Waals surface area contributed by atoms with Gasteiger partial charge in [-0.3, -0.25) is 4.79 Å². The second-order valence-corrected chi connectivity index (χ2v) is 6.67. The van der Waals surface area contributed by atoms with Crippen LogP contribution in [0.1, 0.15) is 16.2 Å². The summed E-state index contributed by atoms with van der Waals surface area (Å²) < 4.78 is 22.0. The third-order valence-electron chi connectivity index (χ3n) is 4.44. The molecule has 4 rings (SSSR count). The largest absolute Gasteiger partial charge is 0.486 e. The first-order valence-corrected chi connectivity index (χ1v) is 9.45. The van der Waals surface area contributed by atoms with E-state index < -0.39 is 18.5 Å². The van der Waals surface area contributed by atoms with E-state index in [4.69, 9.17) is 18.6 Å². The van der Waals surface area contributed by atoms with Crippen molar-refractivity contribution >= 4 is 11.9 Å². The lowest BCUT2D eigenvalue weighted by Crippen LogP contribution is -2.42. The fourth-order valence-corrected chi connectivity index (χ4v) is 2.93. The summed E-state index contributed by atoms with van der Waals surface area (Å²) in [6.07, 6.45) is -0.328. The lowest BCUT2D eigenvalue weighted by Gasteiger charge is -2.26. The number of esters is 1. The van der Waals surface area contributed by atoms with E-state index in [1.807, 2.05) is 48.5 Å². The summed E-state index contributed by atoms with van der Waals surface area (Å²) in [6.45, 7) is 1.73. The fourth-order valence-electron chi connectivity index (χ4n) is 2.93. The third-order valence-corrected chi connectivity index (χ3v) is 4.44. The van der Waals surface area contributed by atoms with Gasteiger partial charge in [0.1, 0.15) is 18.5 Å². The average molecular weight is 408 g/mol. The number of oxazole rings is 1. The van der Waals surface area contributed by atoms with Crippen LogP contribution >= 0.6 is 0 Å². The van der Waals surface area contributed by atoms with E-state index in [1.165, 1.54) is 0 Å². The predicted molar refractivity (Wildman–Crippen MR) is 106 cm³/mol. The van der Waals surface area contributed by atoms with Gasteiger partial charge in [-0.05, 0) is 31.2 Å². The van der Waals surface area contributed by atoms with Gasteiger partial charge in [0.05, 0.1) is 6.54 Å². The third kappa shape index (κ3) is 4.43. The molecule has 0 bridgehead atoms. The summed E-state index contributed by atoms with van der Waals surface area (Å²) in [5.41, 5.74) is 0.788. The van der Waals surface area contributed by atoms with Crippen LogP contribution in [-0.4, -0.2) is 42.7 Å². The van der Waals surface area contributed by atoms with Crippen molar-refractivity contribution < 1.29 is 28.2 Å². The van der Waals surface area contributed by atoms with E-state index in [1.54, 1.807) is 13.0 Å². The van der Waals surface area contributed by atoms with Crippen LogP contribution in [0.3, 0.4) is 0 Å². The topological polar surface area (TPSA) is 99.9 Å². The Morgan fingerprint density at radius 3 is 2.63 bits per heavy atom. The van der Waals surface area contributed by atoms with E-state index in [-0.39, 0.29) is 18.3 Å². The SMILES string of the molecule is Cc1oc(-c2ccccc2)nc1C(=O)OCC(=O)NC[C@@H]1COc2ccccc2O1. The Bertz CT molecular complexity index is 1050. The molecule has 1 atom stereocenters. The van der Waals surface area contributed by atoms with E-state index in [2.05, 4.69) is 10.3 Å². The molecule has 8 nitrogen and oxygen atoms in total. The Labute approximate surface area is 172 Å². The first-order valence-electron chi connectivity index (χ1n) is 9.45. The molecular weight excluding hydrogens is 388 g/mol. The molecule has 154 valence electrons. The van der Waals surface area contributed by atoms with Crippen LogP contribution in [0.2, 0.25) is 0 Å². The molecule has 1 aliphatic rings. The molecule has 0 unspecified atom stereocenters. The highest BCUT2D eigenvalue weighted by molar-refractivity contribution is 5.90. The summed E-state index contributed by atoms with van der Waals surface area (Å²) in [6, 6.07) is 16.5. The minimum absolute atomic E-state index is 0.0438. The van der Waals surface area contributed by atoms with Gasteiger partial charge >= 0.3 is 5.97 Å². The highest BCUT2D eigenvalue weighted by Crippen LogP contribution is 2.30. The van der Waals surface area contributed by atoms with E-state index in [0.717, 1.165) is 5.56 Å². The molecular formula is C22H20N2O6. The van der Waals surface area contributed by atoms with Crippen molar-refractivity contribution in [3.63, 3.8) is 0 Å². The number of fused-ring (bicyclic) bond motifs is 1. The number of ether oxygens (including phenoxy) is 3. The number of rotatable bonds is 6. The first kappa shape index (κ1) is 19.5. The molecule has 0 aliphatic carbocycles. The molecule has 0 spiro atoms. The summed E-state index contributed by atoms with van der Waals surface area (Å²) in [7, 11) is 0. The summed E-state index contributed by atoms with van der Waals surface area (Å²) >= 11 is 0. The molecule has 0 radical (unpaired) electrons. The fraction of sp³-hybridized carbons (Fsp3) is 0.227. The zero-order valence-corrected chi connectivity index (χ0v) is 16.3. The number of nitrogens with one attached hydrogen (secondary N) is 1. The van der Waals surface area contributed by atoms with Crippen LogP contribution in [0.25, 0.3) is 11.5 Å². The maximum absolute atomic E-state index is 12.3. The monoisotopic (exact) mass is 408 g/mol. The Balaban J connectivity index is 1.26. The van der Waals surface area contributed by atoms with Crippen LogP contribution in [0, 0.1) is 6.92 Å². The Morgan fingerprint density at radius 2 is 1.83 bits per heavy atom. The number of carbonyl (C=O) groups is 2. The molecule has 8 heteroatoms. The number of benzene rings is 2. The standard InChI is InChI=1S/C22H20N2O6/c1-14-20(24-21(29-14)15-7-3-2-4-8-15)22(26)28-13-19(25)23-11-16-12-27-17-9-5-6-10-18(17)30-16/h2-10,16H,11-13H2,1H3,(H,23,25)/t16-/m1/s1. The molecule has 30 heavy (non-hydrogen) atoms. The van der Waals surface area contributed by atoms with Crippen molar-refractivity contribution in [3.8, 4) is 23.0 Å². The Hall–Kier alpha value is -3.81. The number of carbonyl (C=O) groups excluding carboxylic acids is 2. The van der Waals surface area contributed by atoms with Crippen molar-refractivity contribution in [3.05, 3.63) is 66.1 Å². The average Bonchev–Trinajstić information content (AvgIpc) is 3.18. The molecule has 1 N–H and O–H groups in total. The quantitative estimate of drug-likeness (QED) is 0.626. The van der Waals surface area contributed by atoms with Crippen LogP contribution in [-0.2, 0) is 9.53 Å². The Morgan fingerprint density at radius 1 is 1.10 bits per heavy atom. The molecule has 1 aromatic heterocycles. The molecule has 0 saturated heterocycles. The lowest BCUT2D eigenvalue weighted by molar-refractivity contribution is -0.124. The zero-order valence-electron chi connectivity index (χ0n) is 16.3. The molecule has 1 amide bonds. The number of nitrogens with zero attached hydrogens (tertiary/aromatic N) is 1. The molecule has 3 aromatic rings. The molecule has 2 heterocycles. The number of aromatic nitrogens is 1. The predicted octanol–water partition coefficient (Wildman–Crippen LogP) is 2.76. The van der Waals surface area contributed by atoms with Crippen LogP contribution < -0.4 is 14.8 Å². The summed E-state index contributed by atoms with van der Waals surface area (Å²) in [5, 5.41) is 2.67. The molecule has 0 saturated carbocycles. The smallest absolute Gasteiger partial charge is 0.361 e. The maximum Gasteiger partial charge on any atom is 0.361 e. The second kappa shape index (κ2) is 8.69. The van der Waals surface area contributed by atoms with Crippen molar-refractivity contribution in [2.75, 3.05) is 19.8 Å². The molecule has 1 aliphatic heterocycles. The Kier molecular flexibility index (Phi) is 5.65. The van der Waals surface area contributed by atoms with Gasteiger partial charge in [0, 0.05) is 5.56 Å². The van der Waals surface area contributed by atoms with Gasteiger partial charge in [0.25, 0.3) is 5.91 Å². The van der Waals surface area contributed by atoms with Gasteiger partial charge in [-0.2, -0.15) is 0 Å². The van der Waals surface area contributed by atoms with Gasteiger partial charge in [0.2, 0.25) is 5.89 Å². The minimum Gasteiger partial charge on any atom is -0.486 e. The van der Waals surface area contributed by atoms with Gasteiger partial charge < -0.3 is 23.9 Å². The lowest BCUT2D eigenvalue weighted by atomic mass is 10.2. The second-order valence-electron chi connectivity index (χ2n) is 6.67. The van der Waals surface area contributed by atoms with E-state index in [0.29, 0.717) is 29.8 Å². The van der Waals surface area contributed by atoms with Crippen LogP contribution in [0.4, 0.5) is 0 Å². The number of para-hydroxylation sites is 2. The van der Waals surface area contributed by atoms with Crippen molar-refractivity contribution in [1.82, 2.24) is 10.3 Å². The first-order chi connectivity index (χ1) is 14.6. The normalized spacial score (nSPS) is 14.8. The minimum atomic E-state index is -0.722. The highest BCUT2D eigenvalue weighted by Gasteiger charge is 2.23. The van der Waals surface area contributed by atoms with Crippen molar-refractivity contribution in [2.24, 2.45) is 0 Å². The summed E-state index contributed by atoms with van der Waals surface area (Å²) in [5.74, 6) is 0.775. The number of hydrogen-bond acceptors (Lipinski definition) is 7. The van der Waals surface area contributed by atoms with Gasteiger partial charge in [-0.25, -0.2) is 9.78 Å². The number of aryl methyl sites for hydroxylation is 1. The highest BCUT2D eigenvalue weighted by atomic mass is 16.6. The maximum atomic E-state index is 12.3. The van der Waals surface area contributed by atoms with Crippen LogP contribution in [0.5, 0.6) is 11.5 Å². The zero-order chi connectivity index (χ0) is 20.9. The van der Waals surface area contributed by atoms with E-state index in [9.17, 15) is 9.59 Å². The molecule has 0 fully saturated rings. The summed E-state index contributed by atoms with van der Waals surface area (Å²) in [4.78, 5) is 28.5. The van der Waals surface area contributed by atoms with Crippen molar-refractivity contribution in [1.29, 1.82) is 0 Å².